The van der Waals surface area contributed by atoms with E-state index >= 15 is 0 Å². The molecule has 4 aliphatic heterocycles. The summed E-state index contributed by atoms with van der Waals surface area (Å²) in [5.74, 6) is 1.67. The van der Waals surface area contributed by atoms with Crippen molar-refractivity contribution in [3.8, 4) is 56.0 Å². The fraction of sp³-hybridized carbons (Fsp3) is 0. The van der Waals surface area contributed by atoms with Crippen molar-refractivity contribution in [1.82, 2.24) is 0 Å². The summed E-state index contributed by atoms with van der Waals surface area (Å²) in [5, 5.41) is 4.15. The molecule has 0 radical (unpaired) electrons. The monoisotopic (exact) mass is 1170 g/mol. The van der Waals surface area contributed by atoms with E-state index in [1.165, 1.54) is 21.9 Å². The molecular weight excluding hydrogens is 1120 g/mol. The number of ether oxygens (including phenoxy) is 1. The molecule has 2 aromatic heterocycles. The molecule has 0 atom stereocenters. The Morgan fingerprint density at radius 2 is 0.728 bits per heavy atom. The van der Waals surface area contributed by atoms with Gasteiger partial charge in [-0.3, -0.25) is 0 Å². The van der Waals surface area contributed by atoms with Crippen LogP contribution in [-0.4, -0.2) is 13.4 Å². The van der Waals surface area contributed by atoms with Gasteiger partial charge >= 0.3 is 0 Å². The van der Waals surface area contributed by atoms with Gasteiger partial charge in [-0.1, -0.05) is 231 Å². The van der Waals surface area contributed by atoms with Crippen molar-refractivity contribution in [2.75, 3.05) is 14.7 Å². The highest BCUT2D eigenvalue weighted by atomic mass is 16.5. The molecule has 0 unspecified atom stereocenters. The van der Waals surface area contributed by atoms with Crippen LogP contribution in [0.3, 0.4) is 0 Å². The van der Waals surface area contributed by atoms with Crippen molar-refractivity contribution in [1.29, 1.82) is 0 Å². The summed E-state index contributed by atoms with van der Waals surface area (Å²) < 4.78 is 21.5. The average Bonchev–Trinajstić information content (AvgIpc) is 0.984. The number of nitrogens with zero attached hydrogens (tertiary/aromatic N) is 3. The largest absolute Gasteiger partial charge is 0.458 e. The molecular formula is C84H51B2N3O3. The molecule has 0 saturated heterocycles. The zero-order chi connectivity index (χ0) is 60.1. The standard InChI is InChI=1S/C84H51B2N3O3/c1-5-24-52(25-6-1)54-28-21-30-56(46-54)60-38-23-39-61(57-31-22-29-55(47-57)53-26-7-2-8-27-53)82(60)89-70-49-69-66(86-65-41-16-20-45-75(65)92-84-79-63-37-14-19-44-74(63)91-77(79)51-72(81(84)86)87(69)58-32-9-3-10-33-58)48-67(70)85-64-40-15-17-42-68(64)88(59-34-11-4-12-35-59)83-78-62-36-13-18-43-73(62)90-76(78)50-71(89)80(83)85/h1-51H. The van der Waals surface area contributed by atoms with Crippen molar-refractivity contribution in [2.24, 2.45) is 0 Å². The van der Waals surface area contributed by atoms with Crippen molar-refractivity contribution < 1.29 is 13.6 Å². The fourth-order valence-electron chi connectivity index (χ4n) is 15.8. The highest BCUT2D eigenvalue weighted by Gasteiger charge is 2.50. The van der Waals surface area contributed by atoms with E-state index in [2.05, 4.69) is 318 Å². The predicted molar refractivity (Wildman–Crippen MR) is 383 cm³/mol. The van der Waals surface area contributed by atoms with E-state index < -0.39 is 0 Å². The van der Waals surface area contributed by atoms with Gasteiger partial charge in [0.2, 0.25) is 0 Å². The zero-order valence-electron chi connectivity index (χ0n) is 49.7. The lowest BCUT2D eigenvalue weighted by atomic mass is 9.30. The number of para-hydroxylation sites is 7. The fourth-order valence-corrected chi connectivity index (χ4v) is 15.8. The molecule has 4 aliphatic rings. The molecule has 6 nitrogen and oxygen atoms in total. The van der Waals surface area contributed by atoms with Crippen LogP contribution in [0.5, 0.6) is 11.5 Å². The van der Waals surface area contributed by atoms with E-state index in [-0.39, 0.29) is 13.4 Å². The summed E-state index contributed by atoms with van der Waals surface area (Å²) in [5.41, 5.74) is 28.8. The molecule has 8 heteroatoms. The third kappa shape index (κ3) is 7.40. The minimum atomic E-state index is -0.259. The Morgan fingerprint density at radius 3 is 1.37 bits per heavy atom. The first-order valence-corrected chi connectivity index (χ1v) is 31.6. The van der Waals surface area contributed by atoms with Crippen LogP contribution in [0.1, 0.15) is 0 Å². The van der Waals surface area contributed by atoms with Crippen LogP contribution >= 0.6 is 0 Å². The van der Waals surface area contributed by atoms with Gasteiger partial charge in [0, 0.05) is 73.8 Å². The zero-order valence-corrected chi connectivity index (χ0v) is 49.7. The summed E-state index contributed by atoms with van der Waals surface area (Å²) in [6.45, 7) is -0.493. The van der Waals surface area contributed by atoms with Crippen LogP contribution in [0.2, 0.25) is 0 Å². The second-order valence-electron chi connectivity index (χ2n) is 24.5. The van der Waals surface area contributed by atoms with Gasteiger partial charge in [0.1, 0.15) is 33.8 Å². The number of anilines is 9. The molecule has 0 amide bonds. The molecule has 0 saturated carbocycles. The Morgan fingerprint density at radius 1 is 0.261 bits per heavy atom. The highest BCUT2D eigenvalue weighted by molar-refractivity contribution is 7.03. The average molecular weight is 1170 g/mol. The van der Waals surface area contributed by atoms with E-state index in [0.717, 1.165) is 162 Å². The van der Waals surface area contributed by atoms with E-state index in [4.69, 9.17) is 13.6 Å². The van der Waals surface area contributed by atoms with E-state index in [0.29, 0.717) is 0 Å². The molecule has 16 aromatic rings. The Kier molecular flexibility index (Phi) is 10.9. The second kappa shape index (κ2) is 19.8. The van der Waals surface area contributed by atoms with Gasteiger partial charge in [-0.2, -0.15) is 0 Å². The quantitative estimate of drug-likeness (QED) is 0.148. The normalized spacial score (nSPS) is 13.2. The number of hydrogen-bond acceptors (Lipinski definition) is 6. The van der Waals surface area contributed by atoms with Crippen molar-refractivity contribution in [3.05, 3.63) is 309 Å². The van der Waals surface area contributed by atoms with Crippen LogP contribution in [0.15, 0.2) is 318 Å². The maximum atomic E-state index is 7.35. The topological polar surface area (TPSA) is 45.2 Å². The SMILES string of the molecule is c1ccc(-c2cccc(-c3cccc(-c4cccc(-c5ccccc5)c4)c3N3c4cc5c(cc4B4c6ccccc6N(c6ccccc6)c6c4c3cc3oc4ccccc4c63)B3c4ccccc4Oc4c3c(cc3oc6ccccc6c43)N5c3ccccc3)c2)cc1. The Hall–Kier alpha value is -12.0. The van der Waals surface area contributed by atoms with Gasteiger partial charge < -0.3 is 28.3 Å². The molecule has 6 heterocycles. The first-order chi connectivity index (χ1) is 45.7. The summed E-state index contributed by atoms with van der Waals surface area (Å²) in [7, 11) is 0. The predicted octanol–water partition coefficient (Wildman–Crippen LogP) is 18.6. The molecule has 92 heavy (non-hydrogen) atoms. The lowest BCUT2D eigenvalue weighted by Gasteiger charge is -2.46. The van der Waals surface area contributed by atoms with Crippen LogP contribution in [0, 0.1) is 0 Å². The number of fused-ring (bicyclic) bond motifs is 16. The van der Waals surface area contributed by atoms with Crippen molar-refractivity contribution in [2.45, 2.75) is 0 Å². The Labute approximate surface area is 531 Å². The molecule has 0 bridgehead atoms. The lowest BCUT2D eigenvalue weighted by molar-refractivity contribution is 0.493. The van der Waals surface area contributed by atoms with Gasteiger partial charge in [0.15, 0.2) is 0 Å². The number of hydrogen-bond donors (Lipinski definition) is 0. The van der Waals surface area contributed by atoms with Gasteiger partial charge in [0.25, 0.3) is 13.4 Å². The number of benzene rings is 14. The lowest BCUT2D eigenvalue weighted by Crippen LogP contribution is -2.64. The molecule has 426 valence electrons. The summed E-state index contributed by atoms with van der Waals surface area (Å²) in [6.07, 6.45) is 0. The second-order valence-corrected chi connectivity index (χ2v) is 24.5. The van der Waals surface area contributed by atoms with E-state index in [9.17, 15) is 0 Å². The molecule has 0 aliphatic carbocycles. The number of furan rings is 2. The third-order valence-electron chi connectivity index (χ3n) is 19.6. The molecule has 0 N–H and O–H groups in total. The first-order valence-electron chi connectivity index (χ1n) is 31.6. The van der Waals surface area contributed by atoms with Crippen LogP contribution < -0.4 is 52.2 Å². The summed E-state index contributed by atoms with van der Waals surface area (Å²) in [6, 6.07) is 113. The van der Waals surface area contributed by atoms with E-state index in [1.54, 1.807) is 0 Å². The van der Waals surface area contributed by atoms with Crippen LogP contribution in [-0.2, 0) is 0 Å². The Bertz CT molecular complexity index is 5630. The maximum Gasteiger partial charge on any atom is 0.256 e. The minimum absolute atomic E-state index is 0.234. The summed E-state index contributed by atoms with van der Waals surface area (Å²) >= 11 is 0. The highest BCUT2D eigenvalue weighted by Crippen LogP contribution is 2.55. The number of rotatable bonds is 7. The van der Waals surface area contributed by atoms with Gasteiger partial charge in [-0.25, -0.2) is 0 Å². The molecule has 14 aromatic carbocycles. The van der Waals surface area contributed by atoms with Crippen LogP contribution in [0.25, 0.3) is 88.4 Å². The first kappa shape index (κ1) is 51.0. The van der Waals surface area contributed by atoms with Crippen molar-refractivity contribution >= 4 is 141 Å². The maximum absolute atomic E-state index is 7.35. The van der Waals surface area contributed by atoms with E-state index in [1.807, 2.05) is 6.07 Å². The summed E-state index contributed by atoms with van der Waals surface area (Å²) in [4.78, 5) is 7.63. The van der Waals surface area contributed by atoms with Gasteiger partial charge in [0.05, 0.1) is 22.1 Å². The third-order valence-corrected chi connectivity index (χ3v) is 19.6. The molecule has 0 spiro atoms. The van der Waals surface area contributed by atoms with Gasteiger partial charge in [-0.15, -0.1) is 0 Å². The smallest absolute Gasteiger partial charge is 0.256 e. The van der Waals surface area contributed by atoms with Gasteiger partial charge in [-0.05, 0) is 133 Å². The van der Waals surface area contributed by atoms with Crippen molar-refractivity contribution in [3.63, 3.8) is 0 Å². The molecule has 0 fully saturated rings. The van der Waals surface area contributed by atoms with Crippen LogP contribution in [0.4, 0.5) is 51.2 Å². The Balaban J connectivity index is 0.967. The molecule has 20 rings (SSSR count). The minimum Gasteiger partial charge on any atom is -0.458 e.